The molecular weight excluding hydrogens is 235 g/mol. The molecule has 0 saturated carbocycles. The summed E-state index contributed by atoms with van der Waals surface area (Å²) >= 11 is 11.5. The van der Waals surface area contributed by atoms with Gasteiger partial charge in [-0.15, -0.1) is 0 Å². The third-order valence-electron chi connectivity index (χ3n) is 2.02. The van der Waals surface area contributed by atoms with Gasteiger partial charge in [-0.3, -0.25) is 4.79 Å². The van der Waals surface area contributed by atoms with Gasteiger partial charge in [-0.1, -0.05) is 43.4 Å². The summed E-state index contributed by atoms with van der Waals surface area (Å²) in [5, 5.41) is 1.10. The van der Waals surface area contributed by atoms with E-state index in [1.54, 1.807) is 6.07 Å². The predicted molar refractivity (Wildman–Crippen MR) is 64.6 cm³/mol. The van der Waals surface area contributed by atoms with E-state index >= 15 is 0 Å². The van der Waals surface area contributed by atoms with Gasteiger partial charge in [-0.05, 0) is 22.9 Å². The zero-order valence-electron chi connectivity index (χ0n) is 8.40. The van der Waals surface area contributed by atoms with Gasteiger partial charge in [0.15, 0.2) is 0 Å². The third kappa shape index (κ3) is 2.38. The highest BCUT2D eigenvalue weighted by Gasteiger charge is 2.22. The van der Waals surface area contributed by atoms with E-state index in [0.29, 0.717) is 10.6 Å². The summed E-state index contributed by atoms with van der Waals surface area (Å²) in [5.74, 6) is 0. The molecule has 0 aliphatic heterocycles. The maximum Gasteiger partial charge on any atom is 0.253 e. The van der Waals surface area contributed by atoms with Gasteiger partial charge < -0.3 is 0 Å². The van der Waals surface area contributed by atoms with Crippen LogP contribution in [0.1, 0.15) is 10.4 Å². The van der Waals surface area contributed by atoms with Crippen molar-refractivity contribution in [3.8, 4) is 0 Å². The van der Waals surface area contributed by atoms with E-state index in [1.165, 1.54) is 0 Å². The number of carbonyl (C=O) groups excluding carboxylic acids is 1. The van der Waals surface area contributed by atoms with Crippen LogP contribution < -0.4 is 5.19 Å². The predicted octanol–water partition coefficient (Wildman–Crippen LogP) is 3.26. The molecule has 0 spiro atoms. The second-order valence-corrected chi connectivity index (χ2v) is 9.95. The van der Waals surface area contributed by atoms with Crippen molar-refractivity contribution in [2.75, 3.05) is 0 Å². The number of rotatable bonds is 2. The highest BCUT2D eigenvalue weighted by Crippen LogP contribution is 2.19. The molecule has 0 bridgehead atoms. The van der Waals surface area contributed by atoms with Crippen LogP contribution in [0.25, 0.3) is 0 Å². The third-order valence-corrected chi connectivity index (χ3v) is 4.82. The van der Waals surface area contributed by atoms with Crippen molar-refractivity contribution in [1.82, 2.24) is 0 Å². The molecule has 1 rings (SSSR count). The Hall–Kier alpha value is -0.313. The van der Waals surface area contributed by atoms with E-state index in [0.717, 1.165) is 5.19 Å². The summed E-state index contributed by atoms with van der Waals surface area (Å²) in [4.78, 5) is 11.0. The Morgan fingerprint density at radius 1 is 1.29 bits per heavy atom. The standard InChI is InChI=1S/C10H12Cl2OSi/c1-14(2,3)8-6-4-5-7(9(8)11)10(12)13/h4-6H,1-3H3. The molecule has 0 saturated heterocycles. The molecule has 0 heterocycles. The molecule has 0 amide bonds. The number of benzene rings is 1. The van der Waals surface area contributed by atoms with Crippen molar-refractivity contribution in [2.24, 2.45) is 0 Å². The Morgan fingerprint density at radius 3 is 2.29 bits per heavy atom. The maximum absolute atomic E-state index is 11.0. The summed E-state index contributed by atoms with van der Waals surface area (Å²) in [6.45, 7) is 6.53. The van der Waals surface area contributed by atoms with E-state index in [-0.39, 0.29) is 0 Å². The minimum Gasteiger partial charge on any atom is -0.276 e. The molecule has 0 aliphatic carbocycles. The molecule has 0 radical (unpaired) electrons. The minimum atomic E-state index is -1.50. The van der Waals surface area contributed by atoms with E-state index in [2.05, 4.69) is 19.6 Å². The summed E-state index contributed by atoms with van der Waals surface area (Å²) < 4.78 is 0. The van der Waals surface area contributed by atoms with Crippen LogP contribution in [0.2, 0.25) is 24.7 Å². The Morgan fingerprint density at radius 2 is 1.86 bits per heavy atom. The normalized spacial score (nSPS) is 11.5. The first-order valence-electron chi connectivity index (χ1n) is 4.33. The van der Waals surface area contributed by atoms with Crippen molar-refractivity contribution in [3.63, 3.8) is 0 Å². The minimum absolute atomic E-state index is 0.410. The van der Waals surface area contributed by atoms with Gasteiger partial charge >= 0.3 is 0 Å². The SMILES string of the molecule is C[Si](C)(C)c1cccc(C(=O)Cl)c1Cl. The largest absolute Gasteiger partial charge is 0.276 e. The average molecular weight is 247 g/mol. The molecule has 0 aliphatic rings. The Bertz CT molecular complexity index is 369. The van der Waals surface area contributed by atoms with E-state index in [1.807, 2.05) is 12.1 Å². The number of hydrogen-bond donors (Lipinski definition) is 0. The fourth-order valence-corrected chi connectivity index (χ4v) is 3.92. The molecule has 1 aromatic carbocycles. The van der Waals surface area contributed by atoms with Crippen LogP contribution in [-0.2, 0) is 0 Å². The quantitative estimate of drug-likeness (QED) is 0.579. The van der Waals surface area contributed by atoms with Crippen LogP contribution in [0.15, 0.2) is 18.2 Å². The zero-order valence-corrected chi connectivity index (χ0v) is 10.9. The summed E-state index contributed by atoms with van der Waals surface area (Å²) in [7, 11) is -1.50. The Labute approximate surface area is 95.0 Å². The molecule has 4 heteroatoms. The first-order chi connectivity index (χ1) is 6.34. The maximum atomic E-state index is 11.0. The fraction of sp³-hybridized carbons (Fsp3) is 0.300. The summed E-state index contributed by atoms with van der Waals surface area (Å²) in [5.41, 5.74) is 0.410. The van der Waals surface area contributed by atoms with Gasteiger partial charge in [0.25, 0.3) is 5.24 Å². The summed E-state index contributed by atoms with van der Waals surface area (Å²) in [6.07, 6.45) is 0. The van der Waals surface area contributed by atoms with E-state index < -0.39 is 13.3 Å². The lowest BCUT2D eigenvalue weighted by molar-refractivity contribution is 0.108. The van der Waals surface area contributed by atoms with Crippen molar-refractivity contribution in [3.05, 3.63) is 28.8 Å². The number of halogens is 2. The highest BCUT2D eigenvalue weighted by molar-refractivity contribution is 6.90. The molecule has 1 nitrogen and oxygen atoms in total. The lowest BCUT2D eigenvalue weighted by atomic mass is 10.2. The van der Waals surface area contributed by atoms with Gasteiger partial charge in [0, 0.05) is 0 Å². The van der Waals surface area contributed by atoms with Crippen molar-refractivity contribution < 1.29 is 4.79 Å². The van der Waals surface area contributed by atoms with Crippen molar-refractivity contribution in [1.29, 1.82) is 0 Å². The molecule has 1 aromatic rings. The van der Waals surface area contributed by atoms with E-state index in [9.17, 15) is 4.79 Å². The van der Waals surface area contributed by atoms with E-state index in [4.69, 9.17) is 23.2 Å². The molecule has 0 unspecified atom stereocenters. The van der Waals surface area contributed by atoms with Gasteiger partial charge in [0.2, 0.25) is 0 Å². The van der Waals surface area contributed by atoms with Gasteiger partial charge in [-0.2, -0.15) is 0 Å². The monoisotopic (exact) mass is 246 g/mol. The molecule has 0 N–H and O–H groups in total. The average Bonchev–Trinajstić information content (AvgIpc) is 2.01. The van der Waals surface area contributed by atoms with Crippen LogP contribution in [0, 0.1) is 0 Å². The number of hydrogen-bond acceptors (Lipinski definition) is 1. The van der Waals surface area contributed by atoms with Crippen LogP contribution in [-0.4, -0.2) is 13.3 Å². The molecule has 0 atom stereocenters. The topological polar surface area (TPSA) is 17.1 Å². The van der Waals surface area contributed by atoms with Gasteiger partial charge in [-0.25, -0.2) is 0 Å². The highest BCUT2D eigenvalue weighted by atomic mass is 35.5. The van der Waals surface area contributed by atoms with Gasteiger partial charge in [0.1, 0.15) is 0 Å². The lowest BCUT2D eigenvalue weighted by Gasteiger charge is -2.19. The van der Waals surface area contributed by atoms with Crippen molar-refractivity contribution >= 4 is 41.7 Å². The molecule has 76 valence electrons. The van der Waals surface area contributed by atoms with Crippen LogP contribution in [0.3, 0.4) is 0 Å². The molecule has 0 fully saturated rings. The fourth-order valence-electron chi connectivity index (χ4n) is 1.26. The zero-order chi connectivity index (χ0) is 10.9. The second-order valence-electron chi connectivity index (χ2n) is 4.19. The van der Waals surface area contributed by atoms with Gasteiger partial charge in [0.05, 0.1) is 18.7 Å². The molecule has 14 heavy (non-hydrogen) atoms. The Kier molecular flexibility index (Phi) is 3.40. The second kappa shape index (κ2) is 4.05. The lowest BCUT2D eigenvalue weighted by Crippen LogP contribution is -2.38. The molecular formula is C10H12Cl2OSi. The van der Waals surface area contributed by atoms with Crippen LogP contribution in [0.4, 0.5) is 0 Å². The molecule has 0 aromatic heterocycles. The van der Waals surface area contributed by atoms with Crippen LogP contribution >= 0.6 is 23.2 Å². The van der Waals surface area contributed by atoms with Crippen molar-refractivity contribution in [2.45, 2.75) is 19.6 Å². The van der Waals surface area contributed by atoms with Crippen LogP contribution in [0.5, 0.6) is 0 Å². The Balaban J connectivity index is 3.35. The smallest absolute Gasteiger partial charge is 0.253 e. The first-order valence-corrected chi connectivity index (χ1v) is 8.58. The summed E-state index contributed by atoms with van der Waals surface area (Å²) in [6, 6.07) is 5.45. The first kappa shape index (κ1) is 11.8. The number of carbonyl (C=O) groups is 1.